The Labute approximate surface area is 162 Å². The first kappa shape index (κ1) is 19.2. The predicted octanol–water partition coefficient (Wildman–Crippen LogP) is 4.01. The second-order valence-corrected chi connectivity index (χ2v) is 8.69. The molecule has 5 nitrogen and oxygen atoms in total. The molecule has 0 heterocycles. The van der Waals surface area contributed by atoms with Gasteiger partial charge >= 0.3 is 0 Å². The molecule has 0 atom stereocenters. The van der Waals surface area contributed by atoms with Crippen molar-refractivity contribution in [1.82, 2.24) is 4.72 Å². The second kappa shape index (κ2) is 7.96. The molecular formula is C18H18Cl2N2O3S. The number of rotatable bonds is 7. The summed E-state index contributed by atoms with van der Waals surface area (Å²) in [5.74, 6) is -0.193. The highest BCUT2D eigenvalue weighted by molar-refractivity contribution is 7.89. The van der Waals surface area contributed by atoms with E-state index < -0.39 is 10.0 Å². The van der Waals surface area contributed by atoms with E-state index in [0.29, 0.717) is 22.2 Å². The number of sulfonamides is 1. The summed E-state index contributed by atoms with van der Waals surface area (Å²) in [6.07, 6.45) is 2.52. The SMILES string of the molecule is O=C(CCc1ccc(S(=O)(=O)NC2CC2)cc1)Nc1cccc(Cl)c1Cl. The van der Waals surface area contributed by atoms with E-state index >= 15 is 0 Å². The summed E-state index contributed by atoms with van der Waals surface area (Å²) in [4.78, 5) is 12.3. The van der Waals surface area contributed by atoms with Crippen molar-refractivity contribution in [3.05, 3.63) is 58.1 Å². The maximum atomic E-state index is 12.1. The van der Waals surface area contributed by atoms with Crippen LogP contribution in [0.15, 0.2) is 47.4 Å². The van der Waals surface area contributed by atoms with Crippen LogP contribution in [0.5, 0.6) is 0 Å². The fourth-order valence-electron chi connectivity index (χ4n) is 2.39. The molecule has 8 heteroatoms. The third-order valence-electron chi connectivity index (χ3n) is 4.00. The predicted molar refractivity (Wildman–Crippen MR) is 103 cm³/mol. The van der Waals surface area contributed by atoms with Crippen molar-refractivity contribution >= 4 is 44.8 Å². The van der Waals surface area contributed by atoms with Gasteiger partial charge in [-0.1, -0.05) is 41.4 Å². The Morgan fingerprint density at radius 2 is 1.77 bits per heavy atom. The van der Waals surface area contributed by atoms with Crippen LogP contribution in [0.2, 0.25) is 10.0 Å². The van der Waals surface area contributed by atoms with Crippen LogP contribution in [0.1, 0.15) is 24.8 Å². The number of anilines is 1. The monoisotopic (exact) mass is 412 g/mol. The van der Waals surface area contributed by atoms with Crippen LogP contribution in [-0.2, 0) is 21.2 Å². The zero-order valence-corrected chi connectivity index (χ0v) is 16.2. The van der Waals surface area contributed by atoms with E-state index in [0.717, 1.165) is 18.4 Å². The normalized spacial score (nSPS) is 14.2. The minimum Gasteiger partial charge on any atom is -0.325 e. The second-order valence-electron chi connectivity index (χ2n) is 6.19. The lowest BCUT2D eigenvalue weighted by atomic mass is 10.1. The number of halogens is 2. The molecule has 1 amide bonds. The Balaban J connectivity index is 1.56. The number of benzene rings is 2. The largest absolute Gasteiger partial charge is 0.325 e. The number of hydrogen-bond donors (Lipinski definition) is 2. The van der Waals surface area contributed by atoms with Crippen LogP contribution in [0.4, 0.5) is 5.69 Å². The molecule has 3 rings (SSSR count). The topological polar surface area (TPSA) is 75.3 Å². The van der Waals surface area contributed by atoms with E-state index in [-0.39, 0.29) is 23.3 Å². The molecule has 0 radical (unpaired) electrons. The molecule has 1 saturated carbocycles. The maximum Gasteiger partial charge on any atom is 0.240 e. The average Bonchev–Trinajstić information content (AvgIpc) is 3.41. The van der Waals surface area contributed by atoms with Gasteiger partial charge in [-0.3, -0.25) is 4.79 Å². The molecule has 0 spiro atoms. The highest BCUT2D eigenvalue weighted by Crippen LogP contribution is 2.29. The minimum absolute atomic E-state index is 0.0710. The molecule has 1 aliphatic carbocycles. The van der Waals surface area contributed by atoms with Crippen LogP contribution >= 0.6 is 23.2 Å². The van der Waals surface area contributed by atoms with Gasteiger partial charge in [-0.05, 0) is 49.1 Å². The molecule has 0 bridgehead atoms. The van der Waals surface area contributed by atoms with Crippen molar-refractivity contribution in [3.8, 4) is 0 Å². The number of amides is 1. The summed E-state index contributed by atoms with van der Waals surface area (Å²) >= 11 is 12.0. The van der Waals surface area contributed by atoms with Gasteiger partial charge in [-0.25, -0.2) is 13.1 Å². The Morgan fingerprint density at radius 1 is 1.08 bits per heavy atom. The van der Waals surface area contributed by atoms with Gasteiger partial charge in [0.05, 0.1) is 20.6 Å². The molecule has 0 aliphatic heterocycles. The van der Waals surface area contributed by atoms with Gasteiger partial charge < -0.3 is 5.32 Å². The van der Waals surface area contributed by atoms with Crippen LogP contribution in [0.3, 0.4) is 0 Å². The highest BCUT2D eigenvalue weighted by Gasteiger charge is 2.27. The number of aryl methyl sites for hydroxylation is 1. The number of nitrogens with one attached hydrogen (secondary N) is 2. The molecular weight excluding hydrogens is 395 g/mol. The fraction of sp³-hybridized carbons (Fsp3) is 0.278. The van der Waals surface area contributed by atoms with Crippen LogP contribution in [-0.4, -0.2) is 20.4 Å². The lowest BCUT2D eigenvalue weighted by Crippen LogP contribution is -2.25. The van der Waals surface area contributed by atoms with E-state index in [1.807, 2.05) is 0 Å². The molecule has 1 aliphatic rings. The Bertz CT molecular complexity index is 911. The standard InChI is InChI=1S/C18H18Cl2N2O3S/c19-15-2-1-3-16(18(15)20)21-17(23)11-6-12-4-9-14(10-5-12)26(24,25)22-13-7-8-13/h1-5,9-10,13,22H,6-8,11H2,(H,21,23). The van der Waals surface area contributed by atoms with Crippen LogP contribution < -0.4 is 10.0 Å². The first-order valence-electron chi connectivity index (χ1n) is 8.20. The lowest BCUT2D eigenvalue weighted by Gasteiger charge is -2.09. The summed E-state index contributed by atoms with van der Waals surface area (Å²) in [5.41, 5.74) is 1.35. The van der Waals surface area contributed by atoms with Crippen molar-refractivity contribution in [2.24, 2.45) is 0 Å². The molecule has 2 aromatic carbocycles. The molecule has 0 aromatic heterocycles. The highest BCUT2D eigenvalue weighted by atomic mass is 35.5. The average molecular weight is 413 g/mol. The first-order valence-corrected chi connectivity index (χ1v) is 10.4. The molecule has 0 saturated heterocycles. The van der Waals surface area contributed by atoms with Gasteiger partial charge in [0.15, 0.2) is 0 Å². The Kier molecular flexibility index (Phi) is 5.87. The molecule has 1 fully saturated rings. The van der Waals surface area contributed by atoms with E-state index in [1.54, 1.807) is 42.5 Å². The van der Waals surface area contributed by atoms with Gasteiger partial charge in [0.2, 0.25) is 15.9 Å². The molecule has 2 aromatic rings. The van der Waals surface area contributed by atoms with Crippen molar-refractivity contribution in [2.45, 2.75) is 36.6 Å². The third kappa shape index (κ3) is 4.98. The van der Waals surface area contributed by atoms with Crippen molar-refractivity contribution < 1.29 is 13.2 Å². The Hall–Kier alpha value is -1.60. The van der Waals surface area contributed by atoms with Gasteiger partial charge in [-0.2, -0.15) is 0 Å². The third-order valence-corrected chi connectivity index (χ3v) is 6.35. The Morgan fingerprint density at radius 3 is 2.42 bits per heavy atom. The van der Waals surface area contributed by atoms with Crippen molar-refractivity contribution in [3.63, 3.8) is 0 Å². The van der Waals surface area contributed by atoms with E-state index in [1.165, 1.54) is 0 Å². The number of carbonyl (C=O) groups is 1. The van der Waals surface area contributed by atoms with E-state index in [4.69, 9.17) is 23.2 Å². The molecule has 2 N–H and O–H groups in total. The zero-order chi connectivity index (χ0) is 18.7. The summed E-state index contributed by atoms with van der Waals surface area (Å²) in [5, 5.41) is 3.41. The van der Waals surface area contributed by atoms with Crippen molar-refractivity contribution in [2.75, 3.05) is 5.32 Å². The van der Waals surface area contributed by atoms with Crippen molar-refractivity contribution in [1.29, 1.82) is 0 Å². The summed E-state index contributed by atoms with van der Waals surface area (Å²) in [6, 6.07) is 11.7. The smallest absolute Gasteiger partial charge is 0.240 e. The number of hydrogen-bond acceptors (Lipinski definition) is 3. The minimum atomic E-state index is -3.45. The van der Waals surface area contributed by atoms with Crippen LogP contribution in [0, 0.1) is 0 Å². The zero-order valence-electron chi connectivity index (χ0n) is 13.8. The maximum absolute atomic E-state index is 12.1. The fourth-order valence-corrected chi connectivity index (χ4v) is 4.05. The van der Waals surface area contributed by atoms with Gasteiger partial charge in [0.25, 0.3) is 0 Å². The first-order chi connectivity index (χ1) is 12.3. The lowest BCUT2D eigenvalue weighted by molar-refractivity contribution is -0.116. The van der Waals surface area contributed by atoms with E-state index in [9.17, 15) is 13.2 Å². The summed E-state index contributed by atoms with van der Waals surface area (Å²) in [7, 11) is -3.45. The quantitative estimate of drug-likeness (QED) is 0.721. The molecule has 138 valence electrons. The van der Waals surface area contributed by atoms with Gasteiger partial charge in [0.1, 0.15) is 0 Å². The summed E-state index contributed by atoms with van der Waals surface area (Å²) in [6.45, 7) is 0. The van der Waals surface area contributed by atoms with Gasteiger partial charge in [-0.15, -0.1) is 0 Å². The molecule has 26 heavy (non-hydrogen) atoms. The van der Waals surface area contributed by atoms with Gasteiger partial charge in [0, 0.05) is 12.5 Å². The number of carbonyl (C=O) groups excluding carboxylic acids is 1. The summed E-state index contributed by atoms with van der Waals surface area (Å²) < 4.78 is 26.9. The van der Waals surface area contributed by atoms with E-state index in [2.05, 4.69) is 10.0 Å². The van der Waals surface area contributed by atoms with Crippen LogP contribution in [0.25, 0.3) is 0 Å². The molecule has 0 unspecified atom stereocenters.